The fraction of sp³-hybridized carbons (Fsp3) is 0.636. The summed E-state index contributed by atoms with van der Waals surface area (Å²) < 4.78 is 5.67. The third-order valence-electron chi connectivity index (χ3n) is 3.64. The SMILES string of the molecule is NC1C2CCCOC2C1NC(=O)c1cscn1. The first-order chi connectivity index (χ1) is 8.27. The van der Waals surface area contributed by atoms with E-state index < -0.39 is 0 Å². The Balaban J connectivity index is 1.64. The van der Waals surface area contributed by atoms with Gasteiger partial charge in [0.15, 0.2) is 0 Å². The standard InChI is InChI=1S/C11H15N3O2S/c12-8-6-2-1-3-16-10(6)9(8)14-11(15)7-4-17-5-13-7/h4-6,8-10H,1-3,12H2,(H,14,15). The molecule has 0 aromatic carbocycles. The van der Waals surface area contributed by atoms with E-state index >= 15 is 0 Å². The lowest BCUT2D eigenvalue weighted by molar-refractivity contribution is -0.117. The van der Waals surface area contributed by atoms with E-state index in [-0.39, 0.29) is 24.1 Å². The molecule has 3 N–H and O–H groups in total. The highest BCUT2D eigenvalue weighted by atomic mass is 32.1. The molecule has 92 valence electrons. The number of amides is 1. The fourth-order valence-electron chi connectivity index (χ4n) is 2.68. The average molecular weight is 253 g/mol. The van der Waals surface area contributed by atoms with Gasteiger partial charge in [-0.25, -0.2) is 4.98 Å². The van der Waals surface area contributed by atoms with Crippen LogP contribution in [0.15, 0.2) is 10.9 Å². The lowest BCUT2D eigenvalue weighted by Gasteiger charge is -2.52. The van der Waals surface area contributed by atoms with Crippen LogP contribution >= 0.6 is 11.3 Å². The van der Waals surface area contributed by atoms with Crippen LogP contribution in [-0.2, 0) is 4.74 Å². The van der Waals surface area contributed by atoms with Gasteiger partial charge in [-0.05, 0) is 12.8 Å². The number of rotatable bonds is 2. The van der Waals surface area contributed by atoms with Crippen molar-refractivity contribution in [2.45, 2.75) is 31.0 Å². The van der Waals surface area contributed by atoms with Gasteiger partial charge in [-0.1, -0.05) is 0 Å². The van der Waals surface area contributed by atoms with Crippen LogP contribution in [0.4, 0.5) is 0 Å². The zero-order valence-electron chi connectivity index (χ0n) is 9.33. The lowest BCUT2D eigenvalue weighted by atomic mass is 9.68. The van der Waals surface area contributed by atoms with Gasteiger partial charge in [-0.15, -0.1) is 11.3 Å². The van der Waals surface area contributed by atoms with Crippen LogP contribution < -0.4 is 11.1 Å². The normalized spacial score (nSPS) is 35.8. The molecule has 0 radical (unpaired) electrons. The Morgan fingerprint density at radius 3 is 3.29 bits per heavy atom. The number of nitrogens with zero attached hydrogens (tertiary/aromatic N) is 1. The summed E-state index contributed by atoms with van der Waals surface area (Å²) >= 11 is 1.41. The lowest BCUT2D eigenvalue weighted by Crippen LogP contribution is -2.72. The van der Waals surface area contributed by atoms with Gasteiger partial charge in [0.1, 0.15) is 5.69 Å². The van der Waals surface area contributed by atoms with E-state index in [0.29, 0.717) is 11.6 Å². The molecule has 1 aromatic heterocycles. The quantitative estimate of drug-likeness (QED) is 0.798. The Labute approximate surface area is 103 Å². The Morgan fingerprint density at radius 2 is 2.53 bits per heavy atom. The van der Waals surface area contributed by atoms with Gasteiger partial charge in [0, 0.05) is 23.9 Å². The summed E-state index contributed by atoms with van der Waals surface area (Å²) in [4.78, 5) is 15.8. The van der Waals surface area contributed by atoms with Crippen LogP contribution in [0.1, 0.15) is 23.3 Å². The molecular formula is C11H15N3O2S. The summed E-state index contributed by atoms with van der Waals surface area (Å²) in [7, 11) is 0. The Bertz CT molecular complexity index is 409. The Morgan fingerprint density at radius 1 is 1.65 bits per heavy atom. The highest BCUT2D eigenvalue weighted by Gasteiger charge is 2.51. The molecule has 4 unspecified atom stereocenters. The first kappa shape index (κ1) is 11.1. The number of fused-ring (bicyclic) bond motifs is 1. The van der Waals surface area contributed by atoms with E-state index in [1.165, 1.54) is 11.3 Å². The van der Waals surface area contributed by atoms with E-state index in [1.807, 2.05) is 0 Å². The molecule has 2 fully saturated rings. The van der Waals surface area contributed by atoms with E-state index in [9.17, 15) is 4.79 Å². The van der Waals surface area contributed by atoms with Crippen LogP contribution in [0.25, 0.3) is 0 Å². The minimum Gasteiger partial charge on any atom is -0.376 e. The van der Waals surface area contributed by atoms with E-state index in [1.54, 1.807) is 10.9 Å². The molecule has 1 amide bonds. The van der Waals surface area contributed by atoms with Crippen LogP contribution in [0.5, 0.6) is 0 Å². The van der Waals surface area contributed by atoms with Crippen molar-refractivity contribution in [1.29, 1.82) is 0 Å². The molecule has 17 heavy (non-hydrogen) atoms. The van der Waals surface area contributed by atoms with Crippen molar-refractivity contribution in [2.24, 2.45) is 11.7 Å². The molecule has 2 aliphatic rings. The third-order valence-corrected chi connectivity index (χ3v) is 4.23. The molecule has 5 nitrogen and oxygen atoms in total. The van der Waals surface area contributed by atoms with Crippen molar-refractivity contribution in [3.05, 3.63) is 16.6 Å². The molecule has 1 aromatic rings. The number of carbonyl (C=O) groups is 1. The Kier molecular flexibility index (Phi) is 2.85. The summed E-state index contributed by atoms with van der Waals surface area (Å²) in [6, 6.07) is -0.0441. The molecule has 1 saturated carbocycles. The second-order valence-corrected chi connectivity index (χ2v) is 5.31. The zero-order chi connectivity index (χ0) is 11.8. The molecule has 0 bridgehead atoms. The van der Waals surface area contributed by atoms with Gasteiger partial charge in [0.05, 0.1) is 17.7 Å². The number of carbonyl (C=O) groups excluding carboxylic acids is 1. The molecule has 3 rings (SSSR count). The minimum absolute atomic E-state index is 0.0166. The largest absolute Gasteiger partial charge is 0.376 e. The van der Waals surface area contributed by atoms with Crippen molar-refractivity contribution < 1.29 is 9.53 Å². The maximum atomic E-state index is 11.9. The van der Waals surface area contributed by atoms with Gasteiger partial charge in [0.2, 0.25) is 0 Å². The van der Waals surface area contributed by atoms with Crippen molar-refractivity contribution in [3.8, 4) is 0 Å². The van der Waals surface area contributed by atoms with Gasteiger partial charge in [-0.2, -0.15) is 0 Å². The maximum absolute atomic E-state index is 11.9. The summed E-state index contributed by atoms with van der Waals surface area (Å²) in [5, 5.41) is 4.66. The van der Waals surface area contributed by atoms with Crippen molar-refractivity contribution in [1.82, 2.24) is 10.3 Å². The van der Waals surface area contributed by atoms with Crippen LogP contribution in [-0.4, -0.2) is 35.7 Å². The first-order valence-electron chi connectivity index (χ1n) is 5.83. The van der Waals surface area contributed by atoms with Gasteiger partial charge in [-0.3, -0.25) is 4.79 Å². The van der Waals surface area contributed by atoms with Crippen molar-refractivity contribution in [3.63, 3.8) is 0 Å². The molecule has 1 aliphatic carbocycles. The topological polar surface area (TPSA) is 77.2 Å². The number of hydrogen-bond donors (Lipinski definition) is 2. The average Bonchev–Trinajstić information content (AvgIpc) is 2.89. The molecule has 6 heteroatoms. The fourth-order valence-corrected chi connectivity index (χ4v) is 3.21. The predicted octanol–water partition coefficient (Wildman–Crippen LogP) is 0.378. The van der Waals surface area contributed by atoms with Gasteiger partial charge < -0.3 is 15.8 Å². The smallest absolute Gasteiger partial charge is 0.271 e. The van der Waals surface area contributed by atoms with Gasteiger partial charge >= 0.3 is 0 Å². The van der Waals surface area contributed by atoms with Gasteiger partial charge in [0.25, 0.3) is 5.91 Å². The monoisotopic (exact) mass is 253 g/mol. The Hall–Kier alpha value is -0.980. The van der Waals surface area contributed by atoms with Crippen molar-refractivity contribution >= 4 is 17.2 Å². The predicted molar refractivity (Wildman–Crippen MR) is 63.8 cm³/mol. The van der Waals surface area contributed by atoms with E-state index in [0.717, 1.165) is 19.4 Å². The van der Waals surface area contributed by atoms with Crippen LogP contribution in [0.3, 0.4) is 0 Å². The molecule has 2 heterocycles. The summed E-state index contributed by atoms with van der Waals surface area (Å²) in [5.74, 6) is 0.254. The number of nitrogens with one attached hydrogen (secondary N) is 1. The zero-order valence-corrected chi connectivity index (χ0v) is 10.2. The summed E-state index contributed by atoms with van der Waals surface area (Å²) in [6.45, 7) is 0.775. The number of nitrogens with two attached hydrogens (primary N) is 1. The van der Waals surface area contributed by atoms with E-state index in [2.05, 4.69) is 10.3 Å². The molecule has 0 spiro atoms. The second kappa shape index (κ2) is 4.36. The van der Waals surface area contributed by atoms with Crippen molar-refractivity contribution in [2.75, 3.05) is 6.61 Å². The first-order valence-corrected chi connectivity index (χ1v) is 6.78. The minimum atomic E-state index is -0.153. The van der Waals surface area contributed by atoms with Crippen LogP contribution in [0, 0.1) is 5.92 Å². The highest BCUT2D eigenvalue weighted by Crippen LogP contribution is 2.37. The molecular weight excluding hydrogens is 238 g/mol. The molecule has 1 saturated heterocycles. The summed E-state index contributed by atoms with van der Waals surface area (Å²) in [5.41, 5.74) is 8.17. The van der Waals surface area contributed by atoms with E-state index in [4.69, 9.17) is 10.5 Å². The second-order valence-electron chi connectivity index (χ2n) is 4.59. The molecule has 1 aliphatic heterocycles. The molecule has 4 atom stereocenters. The number of aromatic nitrogens is 1. The number of ether oxygens (including phenoxy) is 1. The summed E-state index contributed by atoms with van der Waals surface area (Å²) in [6.07, 6.45) is 2.28. The van der Waals surface area contributed by atoms with Crippen LogP contribution in [0.2, 0.25) is 0 Å². The maximum Gasteiger partial charge on any atom is 0.271 e. The highest BCUT2D eigenvalue weighted by molar-refractivity contribution is 7.07. The number of hydrogen-bond acceptors (Lipinski definition) is 5. The number of thiazole rings is 1. The third kappa shape index (κ3) is 1.86.